The Balaban J connectivity index is 2.33. The largest absolute Gasteiger partial charge is 0.496 e. The molecule has 1 aromatic carbocycles. The van der Waals surface area contributed by atoms with Crippen LogP contribution in [0.15, 0.2) is 18.2 Å². The molecule has 0 atom stereocenters. The van der Waals surface area contributed by atoms with Crippen LogP contribution in [0.5, 0.6) is 5.75 Å². The van der Waals surface area contributed by atoms with E-state index in [2.05, 4.69) is 6.92 Å². The van der Waals surface area contributed by atoms with Crippen LogP contribution in [0.25, 0.3) is 0 Å². The van der Waals surface area contributed by atoms with Gasteiger partial charge in [-0.1, -0.05) is 13.3 Å². The highest BCUT2D eigenvalue weighted by Gasteiger charge is 2.04. The van der Waals surface area contributed by atoms with Gasteiger partial charge < -0.3 is 14.2 Å². The first-order valence-corrected chi connectivity index (χ1v) is 6.59. The molecule has 0 heterocycles. The van der Waals surface area contributed by atoms with E-state index in [0.29, 0.717) is 25.4 Å². The van der Waals surface area contributed by atoms with Gasteiger partial charge in [0, 0.05) is 17.7 Å². The van der Waals surface area contributed by atoms with Crippen LogP contribution in [-0.4, -0.2) is 33.2 Å². The molecule has 0 amide bonds. The minimum atomic E-state index is 0.419. The highest BCUT2D eigenvalue weighted by atomic mass is 16.5. The number of carbonyl (C=O) groups excluding carboxylic acids is 1. The zero-order valence-corrected chi connectivity index (χ0v) is 11.7. The van der Waals surface area contributed by atoms with Crippen molar-refractivity contribution in [2.45, 2.75) is 26.4 Å². The van der Waals surface area contributed by atoms with E-state index in [1.165, 1.54) is 0 Å². The molecule has 0 aliphatic rings. The van der Waals surface area contributed by atoms with E-state index >= 15 is 0 Å². The van der Waals surface area contributed by atoms with E-state index in [9.17, 15) is 4.79 Å². The van der Waals surface area contributed by atoms with E-state index in [1.807, 2.05) is 0 Å². The Morgan fingerprint density at radius 1 is 1.16 bits per heavy atom. The maximum atomic E-state index is 10.7. The van der Waals surface area contributed by atoms with Gasteiger partial charge in [-0.3, -0.25) is 4.79 Å². The van der Waals surface area contributed by atoms with Gasteiger partial charge >= 0.3 is 0 Å². The van der Waals surface area contributed by atoms with Crippen LogP contribution < -0.4 is 4.74 Å². The van der Waals surface area contributed by atoms with Crippen molar-refractivity contribution < 1.29 is 19.0 Å². The number of carbonyl (C=O) groups is 1. The quantitative estimate of drug-likeness (QED) is 0.482. The Bertz CT molecular complexity index is 376. The van der Waals surface area contributed by atoms with E-state index < -0.39 is 0 Å². The number of ether oxygens (including phenoxy) is 3. The predicted octanol–water partition coefficient (Wildman–Crippen LogP) is 2.84. The molecule has 4 heteroatoms. The third-order valence-electron chi connectivity index (χ3n) is 2.71. The maximum Gasteiger partial charge on any atom is 0.150 e. The molecule has 0 N–H and O–H groups in total. The molecule has 0 aliphatic carbocycles. The maximum absolute atomic E-state index is 10.7. The van der Waals surface area contributed by atoms with Gasteiger partial charge in [0.25, 0.3) is 0 Å². The van der Waals surface area contributed by atoms with Crippen LogP contribution >= 0.6 is 0 Å². The summed E-state index contributed by atoms with van der Waals surface area (Å²) in [5.74, 6) is 0.734. The van der Waals surface area contributed by atoms with E-state index in [0.717, 1.165) is 37.0 Å². The van der Waals surface area contributed by atoms with E-state index in [1.54, 1.807) is 25.3 Å². The molecule has 0 saturated heterocycles. The van der Waals surface area contributed by atoms with Crippen molar-refractivity contribution in [3.63, 3.8) is 0 Å². The molecule has 19 heavy (non-hydrogen) atoms. The molecule has 0 fully saturated rings. The fourth-order valence-corrected chi connectivity index (χ4v) is 1.63. The Morgan fingerprint density at radius 3 is 2.63 bits per heavy atom. The van der Waals surface area contributed by atoms with Crippen molar-refractivity contribution in [3.8, 4) is 5.75 Å². The minimum absolute atomic E-state index is 0.419. The summed E-state index contributed by atoms with van der Waals surface area (Å²) in [7, 11) is 1.60. The summed E-state index contributed by atoms with van der Waals surface area (Å²) in [6.45, 7) is 4.46. The Morgan fingerprint density at radius 2 is 1.95 bits per heavy atom. The zero-order chi connectivity index (χ0) is 13.9. The summed E-state index contributed by atoms with van der Waals surface area (Å²) < 4.78 is 16.1. The summed E-state index contributed by atoms with van der Waals surface area (Å²) in [4.78, 5) is 10.7. The topological polar surface area (TPSA) is 44.8 Å². The van der Waals surface area contributed by atoms with E-state index in [-0.39, 0.29) is 0 Å². The van der Waals surface area contributed by atoms with Crippen molar-refractivity contribution in [1.82, 2.24) is 0 Å². The first kappa shape index (κ1) is 15.7. The number of methoxy groups -OCH3 is 1. The minimum Gasteiger partial charge on any atom is -0.496 e. The summed E-state index contributed by atoms with van der Waals surface area (Å²) in [6.07, 6.45) is 3.03. The summed E-state index contributed by atoms with van der Waals surface area (Å²) >= 11 is 0. The smallest absolute Gasteiger partial charge is 0.150 e. The monoisotopic (exact) mass is 266 g/mol. The average molecular weight is 266 g/mol. The Hall–Kier alpha value is -1.39. The number of aldehydes is 1. The fourth-order valence-electron chi connectivity index (χ4n) is 1.63. The van der Waals surface area contributed by atoms with Crippen LogP contribution in [0.4, 0.5) is 0 Å². The van der Waals surface area contributed by atoms with Gasteiger partial charge in [-0.05, 0) is 24.6 Å². The Labute approximate surface area is 114 Å². The molecule has 106 valence electrons. The molecule has 0 saturated carbocycles. The van der Waals surface area contributed by atoms with Crippen LogP contribution in [0.2, 0.25) is 0 Å². The molecule has 0 radical (unpaired) electrons. The van der Waals surface area contributed by atoms with E-state index in [4.69, 9.17) is 14.2 Å². The molecular weight excluding hydrogens is 244 g/mol. The number of rotatable bonds is 10. The number of hydrogen-bond acceptors (Lipinski definition) is 4. The number of hydrogen-bond donors (Lipinski definition) is 0. The van der Waals surface area contributed by atoms with Crippen LogP contribution in [-0.2, 0) is 16.1 Å². The molecular formula is C15H22O4. The average Bonchev–Trinajstić information content (AvgIpc) is 2.46. The Kier molecular flexibility index (Phi) is 7.86. The highest BCUT2D eigenvalue weighted by Crippen LogP contribution is 2.20. The molecule has 0 spiro atoms. The normalized spacial score (nSPS) is 10.4. The van der Waals surface area contributed by atoms with Gasteiger partial charge in [-0.2, -0.15) is 0 Å². The lowest BCUT2D eigenvalue weighted by Crippen LogP contribution is -2.06. The molecule has 1 aromatic rings. The third kappa shape index (κ3) is 5.85. The second-order valence-corrected chi connectivity index (χ2v) is 4.21. The SMILES string of the molecule is CCCCOCCOCc1cc(C=O)ccc1OC. The molecule has 4 nitrogen and oxygen atoms in total. The molecule has 1 rings (SSSR count). The van der Waals surface area contributed by atoms with Gasteiger partial charge in [0.15, 0.2) is 0 Å². The number of unbranched alkanes of at least 4 members (excludes halogenated alkanes) is 1. The molecule has 0 aliphatic heterocycles. The summed E-state index contributed by atoms with van der Waals surface area (Å²) in [5, 5.41) is 0. The second-order valence-electron chi connectivity index (χ2n) is 4.21. The lowest BCUT2D eigenvalue weighted by atomic mass is 10.1. The van der Waals surface area contributed by atoms with Crippen molar-refractivity contribution in [2.75, 3.05) is 26.9 Å². The van der Waals surface area contributed by atoms with Crippen LogP contribution in [0.3, 0.4) is 0 Å². The lowest BCUT2D eigenvalue weighted by Gasteiger charge is -2.10. The van der Waals surface area contributed by atoms with Gasteiger partial charge in [0.1, 0.15) is 12.0 Å². The first-order valence-electron chi connectivity index (χ1n) is 6.59. The fraction of sp³-hybridized carbons (Fsp3) is 0.533. The molecule has 0 bridgehead atoms. The first-order chi connectivity index (χ1) is 9.31. The number of benzene rings is 1. The van der Waals surface area contributed by atoms with Gasteiger partial charge in [0.05, 0.1) is 26.9 Å². The highest BCUT2D eigenvalue weighted by molar-refractivity contribution is 5.75. The zero-order valence-electron chi connectivity index (χ0n) is 11.7. The molecule has 0 unspecified atom stereocenters. The summed E-state index contributed by atoms with van der Waals surface area (Å²) in [5.41, 5.74) is 1.50. The van der Waals surface area contributed by atoms with Gasteiger partial charge in [-0.15, -0.1) is 0 Å². The van der Waals surface area contributed by atoms with Crippen molar-refractivity contribution in [2.24, 2.45) is 0 Å². The lowest BCUT2D eigenvalue weighted by molar-refractivity contribution is 0.0390. The van der Waals surface area contributed by atoms with Gasteiger partial charge in [0.2, 0.25) is 0 Å². The van der Waals surface area contributed by atoms with Crippen LogP contribution in [0.1, 0.15) is 35.7 Å². The van der Waals surface area contributed by atoms with Crippen molar-refractivity contribution >= 4 is 6.29 Å². The molecule has 0 aromatic heterocycles. The van der Waals surface area contributed by atoms with Crippen molar-refractivity contribution in [3.05, 3.63) is 29.3 Å². The second kappa shape index (κ2) is 9.53. The standard InChI is InChI=1S/C15H22O4/c1-3-4-7-18-8-9-19-12-14-10-13(11-16)5-6-15(14)17-2/h5-6,10-11H,3-4,7-9,12H2,1-2H3. The predicted molar refractivity (Wildman–Crippen MR) is 73.8 cm³/mol. The van der Waals surface area contributed by atoms with Crippen LogP contribution in [0, 0.1) is 0 Å². The van der Waals surface area contributed by atoms with Crippen molar-refractivity contribution in [1.29, 1.82) is 0 Å². The third-order valence-corrected chi connectivity index (χ3v) is 2.71. The summed E-state index contributed by atoms with van der Waals surface area (Å²) in [6, 6.07) is 5.28. The van der Waals surface area contributed by atoms with Gasteiger partial charge in [-0.25, -0.2) is 0 Å².